The summed E-state index contributed by atoms with van der Waals surface area (Å²) in [5.41, 5.74) is 5.28. The first-order valence-electron chi connectivity index (χ1n) is 9.60. The predicted molar refractivity (Wildman–Crippen MR) is 121 cm³/mol. The molecule has 33 heavy (non-hydrogen) atoms. The molecule has 11 heteroatoms. The maximum absolute atomic E-state index is 13.6. The van der Waals surface area contributed by atoms with E-state index in [9.17, 15) is 18.8 Å². The highest BCUT2D eigenvalue weighted by Gasteiger charge is 2.20. The number of ether oxygens (including phenoxy) is 1. The van der Waals surface area contributed by atoms with E-state index in [4.69, 9.17) is 16.3 Å². The number of esters is 1. The number of hydrogen-bond donors (Lipinski definition) is 2. The van der Waals surface area contributed by atoms with E-state index in [-0.39, 0.29) is 10.4 Å². The minimum atomic E-state index is -0.836. The summed E-state index contributed by atoms with van der Waals surface area (Å²) >= 11 is 7.43. The van der Waals surface area contributed by atoms with Crippen molar-refractivity contribution in [1.29, 1.82) is 0 Å². The van der Waals surface area contributed by atoms with Gasteiger partial charge in [0, 0.05) is 5.39 Å². The van der Waals surface area contributed by atoms with Crippen LogP contribution in [-0.4, -0.2) is 34.2 Å². The van der Waals surface area contributed by atoms with Crippen molar-refractivity contribution in [3.05, 3.63) is 81.6 Å². The SMILES string of the molecule is Cc1nn(-c2ccccc2Cl)c2sc(C(=O)OCC(=O)NNC(=O)c3ccccc3F)cc12. The van der Waals surface area contributed by atoms with Gasteiger partial charge in [0.25, 0.3) is 11.8 Å². The molecule has 2 amide bonds. The molecule has 168 valence electrons. The molecule has 0 aliphatic heterocycles. The number of aryl methyl sites for hydroxylation is 1. The molecule has 2 aromatic carbocycles. The largest absolute Gasteiger partial charge is 0.451 e. The monoisotopic (exact) mass is 486 g/mol. The van der Waals surface area contributed by atoms with Crippen molar-refractivity contribution in [2.24, 2.45) is 0 Å². The number of fused-ring (bicyclic) bond motifs is 1. The highest BCUT2D eigenvalue weighted by Crippen LogP contribution is 2.32. The van der Waals surface area contributed by atoms with E-state index in [1.54, 1.807) is 22.9 Å². The first-order valence-corrected chi connectivity index (χ1v) is 10.8. The lowest BCUT2D eigenvalue weighted by Crippen LogP contribution is -2.43. The number of nitrogens with zero attached hydrogens (tertiary/aromatic N) is 2. The third-order valence-electron chi connectivity index (χ3n) is 4.59. The van der Waals surface area contributed by atoms with Crippen molar-refractivity contribution < 1.29 is 23.5 Å². The number of hydrogen-bond acceptors (Lipinski definition) is 6. The average molecular weight is 487 g/mol. The summed E-state index contributed by atoms with van der Waals surface area (Å²) in [6.45, 7) is 1.17. The molecule has 0 radical (unpaired) electrons. The molecule has 2 aromatic heterocycles. The second kappa shape index (κ2) is 9.39. The zero-order chi connectivity index (χ0) is 23.5. The first kappa shape index (κ1) is 22.4. The number of amides is 2. The summed E-state index contributed by atoms with van der Waals surface area (Å²) in [5, 5.41) is 5.75. The molecule has 0 unspecified atom stereocenters. The van der Waals surface area contributed by atoms with Gasteiger partial charge in [-0.05, 0) is 37.3 Å². The summed E-state index contributed by atoms with van der Waals surface area (Å²) < 4.78 is 20.3. The number of rotatable bonds is 5. The molecular formula is C22H16ClFN4O4S. The van der Waals surface area contributed by atoms with Gasteiger partial charge in [0.15, 0.2) is 6.61 Å². The molecule has 2 heterocycles. The summed E-state index contributed by atoms with van der Waals surface area (Å²) in [7, 11) is 0. The Morgan fingerprint density at radius 2 is 1.85 bits per heavy atom. The summed E-state index contributed by atoms with van der Waals surface area (Å²) in [4.78, 5) is 37.3. The molecule has 0 atom stereocenters. The third kappa shape index (κ3) is 4.71. The van der Waals surface area contributed by atoms with E-state index < -0.39 is 30.2 Å². The first-order chi connectivity index (χ1) is 15.8. The van der Waals surface area contributed by atoms with Gasteiger partial charge in [0.1, 0.15) is 15.5 Å². The number of carbonyl (C=O) groups is 3. The lowest BCUT2D eigenvalue weighted by atomic mass is 10.2. The Bertz CT molecular complexity index is 1380. The van der Waals surface area contributed by atoms with E-state index in [1.807, 2.05) is 19.1 Å². The molecule has 0 bridgehead atoms. The van der Waals surface area contributed by atoms with Gasteiger partial charge in [0.05, 0.1) is 22.0 Å². The molecule has 0 aliphatic carbocycles. The van der Waals surface area contributed by atoms with Crippen LogP contribution in [0.1, 0.15) is 25.7 Å². The van der Waals surface area contributed by atoms with Crippen LogP contribution in [0.25, 0.3) is 15.9 Å². The zero-order valence-corrected chi connectivity index (χ0v) is 18.7. The number of aromatic nitrogens is 2. The third-order valence-corrected chi connectivity index (χ3v) is 6.00. The minimum absolute atomic E-state index is 0.233. The second-order valence-electron chi connectivity index (χ2n) is 6.84. The maximum Gasteiger partial charge on any atom is 0.348 e. The second-order valence-corrected chi connectivity index (χ2v) is 8.27. The van der Waals surface area contributed by atoms with E-state index >= 15 is 0 Å². The minimum Gasteiger partial charge on any atom is -0.451 e. The molecular weight excluding hydrogens is 471 g/mol. The average Bonchev–Trinajstić information content (AvgIpc) is 3.37. The Morgan fingerprint density at radius 1 is 1.12 bits per heavy atom. The van der Waals surface area contributed by atoms with Gasteiger partial charge >= 0.3 is 5.97 Å². The Labute approximate surface area is 195 Å². The molecule has 0 saturated heterocycles. The Hall–Kier alpha value is -3.76. The highest BCUT2D eigenvalue weighted by atomic mass is 35.5. The van der Waals surface area contributed by atoms with Crippen LogP contribution in [-0.2, 0) is 9.53 Å². The summed E-state index contributed by atoms with van der Waals surface area (Å²) in [5.74, 6) is -3.06. The van der Waals surface area contributed by atoms with Crippen LogP contribution < -0.4 is 10.9 Å². The smallest absolute Gasteiger partial charge is 0.348 e. The van der Waals surface area contributed by atoms with Gasteiger partial charge in [0.2, 0.25) is 0 Å². The van der Waals surface area contributed by atoms with Crippen molar-refractivity contribution in [3.63, 3.8) is 0 Å². The fourth-order valence-electron chi connectivity index (χ4n) is 3.01. The van der Waals surface area contributed by atoms with Crippen LogP contribution in [0.4, 0.5) is 4.39 Å². The number of carbonyl (C=O) groups excluding carboxylic acids is 3. The van der Waals surface area contributed by atoms with Crippen molar-refractivity contribution >= 4 is 50.9 Å². The number of benzene rings is 2. The van der Waals surface area contributed by atoms with Crippen LogP contribution in [0.3, 0.4) is 0 Å². The van der Waals surface area contributed by atoms with E-state index in [1.165, 1.54) is 18.2 Å². The van der Waals surface area contributed by atoms with Crippen molar-refractivity contribution in [2.75, 3.05) is 6.61 Å². The molecule has 0 spiro atoms. The predicted octanol–water partition coefficient (Wildman–Crippen LogP) is 3.81. The maximum atomic E-state index is 13.6. The quantitative estimate of drug-likeness (QED) is 0.330. The van der Waals surface area contributed by atoms with Crippen LogP contribution in [0.15, 0.2) is 54.6 Å². The van der Waals surface area contributed by atoms with Gasteiger partial charge < -0.3 is 4.74 Å². The van der Waals surface area contributed by atoms with Crippen LogP contribution >= 0.6 is 22.9 Å². The van der Waals surface area contributed by atoms with Crippen molar-refractivity contribution in [1.82, 2.24) is 20.6 Å². The zero-order valence-electron chi connectivity index (χ0n) is 17.1. The molecule has 0 aliphatic rings. The molecule has 0 fully saturated rings. The number of halogens is 2. The standard InChI is InChI=1S/C22H16ClFN4O4S/c1-12-14-10-18(33-21(14)28(27-12)17-9-5-3-7-15(17)23)22(31)32-11-19(29)25-26-20(30)13-6-2-4-8-16(13)24/h2-10H,11H2,1H3,(H,25,29)(H,26,30). The Balaban J connectivity index is 1.40. The number of thiophene rings is 1. The lowest BCUT2D eigenvalue weighted by molar-refractivity contribution is -0.125. The van der Waals surface area contributed by atoms with E-state index in [2.05, 4.69) is 16.0 Å². The Morgan fingerprint density at radius 3 is 2.61 bits per heavy atom. The number of para-hydroxylation sites is 1. The van der Waals surface area contributed by atoms with Gasteiger partial charge in [-0.1, -0.05) is 35.9 Å². The van der Waals surface area contributed by atoms with E-state index in [0.29, 0.717) is 21.2 Å². The summed E-state index contributed by atoms with van der Waals surface area (Å²) in [6.07, 6.45) is 0. The number of nitrogens with one attached hydrogen (secondary N) is 2. The van der Waals surface area contributed by atoms with Crippen LogP contribution in [0.5, 0.6) is 0 Å². The van der Waals surface area contributed by atoms with Gasteiger partial charge in [-0.2, -0.15) is 5.10 Å². The Kier molecular flexibility index (Phi) is 6.38. The van der Waals surface area contributed by atoms with E-state index in [0.717, 1.165) is 22.8 Å². The summed E-state index contributed by atoms with van der Waals surface area (Å²) in [6, 6.07) is 14.1. The van der Waals surface area contributed by atoms with Gasteiger partial charge in [-0.15, -0.1) is 11.3 Å². The van der Waals surface area contributed by atoms with Crippen molar-refractivity contribution in [2.45, 2.75) is 6.92 Å². The van der Waals surface area contributed by atoms with Crippen LogP contribution in [0.2, 0.25) is 5.02 Å². The van der Waals surface area contributed by atoms with Crippen molar-refractivity contribution in [3.8, 4) is 5.69 Å². The molecule has 4 rings (SSSR count). The van der Waals surface area contributed by atoms with Crippen LogP contribution in [0, 0.1) is 12.7 Å². The van der Waals surface area contributed by atoms with Gasteiger partial charge in [-0.3, -0.25) is 20.4 Å². The molecule has 4 aromatic rings. The number of hydrazine groups is 1. The molecule has 2 N–H and O–H groups in total. The van der Waals surface area contributed by atoms with Gasteiger partial charge in [-0.25, -0.2) is 13.9 Å². The normalized spacial score (nSPS) is 10.8. The fraction of sp³-hybridized carbons (Fsp3) is 0.0909. The molecule has 8 nitrogen and oxygen atoms in total. The highest BCUT2D eigenvalue weighted by molar-refractivity contribution is 7.20. The fourth-order valence-corrected chi connectivity index (χ4v) is 4.30. The topological polar surface area (TPSA) is 102 Å². The molecule has 0 saturated carbocycles. The lowest BCUT2D eigenvalue weighted by Gasteiger charge is -2.08.